The third-order valence-corrected chi connectivity index (χ3v) is 3.56. The fraction of sp³-hybridized carbons (Fsp3) is 0.133. The van der Waals surface area contributed by atoms with E-state index in [-0.39, 0.29) is 6.42 Å². The lowest BCUT2D eigenvalue weighted by Crippen LogP contribution is -2.00. The van der Waals surface area contributed by atoms with Crippen molar-refractivity contribution in [3.8, 4) is 5.75 Å². The van der Waals surface area contributed by atoms with Crippen LogP contribution in [0.1, 0.15) is 11.1 Å². The van der Waals surface area contributed by atoms with Crippen LogP contribution >= 0.6 is 23.2 Å². The molecule has 3 nitrogen and oxygen atoms in total. The van der Waals surface area contributed by atoms with Crippen molar-refractivity contribution >= 4 is 29.2 Å². The number of hydrogen-bond donors (Lipinski definition) is 1. The summed E-state index contributed by atoms with van der Waals surface area (Å²) in [5, 5.41) is 9.66. The van der Waals surface area contributed by atoms with Crippen LogP contribution in [0.5, 0.6) is 5.75 Å². The summed E-state index contributed by atoms with van der Waals surface area (Å²) >= 11 is 12.0. The summed E-state index contributed by atoms with van der Waals surface area (Å²) in [5.41, 5.74) is 1.53. The third kappa shape index (κ3) is 3.89. The molecule has 0 spiro atoms. The molecule has 0 heterocycles. The number of carboxylic acid groups (broad SMARTS) is 1. The smallest absolute Gasteiger partial charge is 0.307 e. The molecule has 0 aliphatic rings. The monoisotopic (exact) mass is 310 g/mol. The fourth-order valence-electron chi connectivity index (χ4n) is 1.70. The standard InChI is InChI=1S/C15H12Cl2O3/c16-13-3-1-2-11(15(13)17)9-20-12-6-4-10(5-7-12)8-14(18)19/h1-7H,8-9H2,(H,18,19). The Bertz CT molecular complexity index is 609. The Labute approximate surface area is 126 Å². The second-order valence-electron chi connectivity index (χ2n) is 4.22. The predicted octanol–water partition coefficient (Wildman–Crippen LogP) is 4.20. The molecule has 20 heavy (non-hydrogen) atoms. The van der Waals surface area contributed by atoms with Crippen molar-refractivity contribution < 1.29 is 14.6 Å². The van der Waals surface area contributed by atoms with Crippen LogP contribution in [-0.4, -0.2) is 11.1 Å². The van der Waals surface area contributed by atoms with Gasteiger partial charge in [0.1, 0.15) is 12.4 Å². The Morgan fingerprint density at radius 3 is 2.45 bits per heavy atom. The number of aliphatic carboxylic acids is 1. The second-order valence-corrected chi connectivity index (χ2v) is 5.00. The number of carbonyl (C=O) groups is 1. The van der Waals surface area contributed by atoms with Gasteiger partial charge in [-0.25, -0.2) is 0 Å². The summed E-state index contributed by atoms with van der Waals surface area (Å²) in [6.45, 7) is 0.303. The lowest BCUT2D eigenvalue weighted by molar-refractivity contribution is -0.136. The minimum absolute atomic E-state index is 0.000398. The first-order chi connectivity index (χ1) is 9.56. The normalized spacial score (nSPS) is 10.3. The van der Waals surface area contributed by atoms with Crippen LogP contribution in [0.25, 0.3) is 0 Å². The second kappa shape index (κ2) is 6.64. The Balaban J connectivity index is 2.00. The van der Waals surface area contributed by atoms with E-state index in [4.69, 9.17) is 33.0 Å². The summed E-state index contributed by atoms with van der Waals surface area (Å²) in [7, 11) is 0. The topological polar surface area (TPSA) is 46.5 Å². The lowest BCUT2D eigenvalue weighted by atomic mass is 10.1. The molecule has 2 rings (SSSR count). The highest BCUT2D eigenvalue weighted by atomic mass is 35.5. The van der Waals surface area contributed by atoms with E-state index >= 15 is 0 Å². The first-order valence-electron chi connectivity index (χ1n) is 5.92. The molecule has 0 aliphatic carbocycles. The number of hydrogen-bond acceptors (Lipinski definition) is 2. The van der Waals surface area contributed by atoms with Crippen molar-refractivity contribution in [1.29, 1.82) is 0 Å². The molecule has 0 radical (unpaired) electrons. The minimum atomic E-state index is -0.857. The zero-order chi connectivity index (χ0) is 14.5. The Kier molecular flexibility index (Phi) is 4.88. The summed E-state index contributed by atoms with van der Waals surface area (Å²) in [5.74, 6) is -0.209. The van der Waals surface area contributed by atoms with Crippen molar-refractivity contribution in [1.82, 2.24) is 0 Å². The molecule has 0 saturated carbocycles. The quantitative estimate of drug-likeness (QED) is 0.900. The highest BCUT2D eigenvalue weighted by Gasteiger charge is 2.05. The van der Waals surface area contributed by atoms with Crippen LogP contribution in [0, 0.1) is 0 Å². The van der Waals surface area contributed by atoms with E-state index in [0.717, 1.165) is 11.1 Å². The van der Waals surface area contributed by atoms with E-state index in [1.54, 1.807) is 30.3 Å². The number of carboxylic acids is 1. The first-order valence-corrected chi connectivity index (χ1v) is 6.68. The van der Waals surface area contributed by atoms with Gasteiger partial charge < -0.3 is 9.84 Å². The van der Waals surface area contributed by atoms with Gasteiger partial charge in [-0.1, -0.05) is 47.5 Å². The maximum atomic E-state index is 10.6. The lowest BCUT2D eigenvalue weighted by Gasteiger charge is -2.09. The fourth-order valence-corrected chi connectivity index (χ4v) is 2.07. The maximum Gasteiger partial charge on any atom is 0.307 e. The van der Waals surface area contributed by atoms with Crippen LogP contribution in [0.2, 0.25) is 10.0 Å². The molecule has 0 fully saturated rings. The molecule has 0 saturated heterocycles. The van der Waals surface area contributed by atoms with Gasteiger partial charge in [0, 0.05) is 5.56 Å². The van der Waals surface area contributed by atoms with Gasteiger partial charge in [-0.05, 0) is 23.8 Å². The van der Waals surface area contributed by atoms with Gasteiger partial charge in [-0.3, -0.25) is 4.79 Å². The van der Waals surface area contributed by atoms with Gasteiger partial charge >= 0.3 is 5.97 Å². The molecule has 0 atom stereocenters. The van der Waals surface area contributed by atoms with Crippen molar-refractivity contribution in [3.63, 3.8) is 0 Å². The van der Waals surface area contributed by atoms with Crippen molar-refractivity contribution in [2.24, 2.45) is 0 Å². The predicted molar refractivity (Wildman–Crippen MR) is 78.6 cm³/mol. The van der Waals surface area contributed by atoms with Gasteiger partial charge in [-0.2, -0.15) is 0 Å². The molecule has 0 amide bonds. The van der Waals surface area contributed by atoms with E-state index in [9.17, 15) is 4.79 Å². The largest absolute Gasteiger partial charge is 0.489 e. The molecule has 2 aromatic carbocycles. The molecule has 0 bridgehead atoms. The third-order valence-electron chi connectivity index (χ3n) is 2.70. The summed E-state index contributed by atoms with van der Waals surface area (Å²) < 4.78 is 5.60. The molecule has 0 unspecified atom stereocenters. The maximum absolute atomic E-state index is 10.6. The van der Waals surface area contributed by atoms with Crippen LogP contribution in [0.3, 0.4) is 0 Å². The van der Waals surface area contributed by atoms with Crippen molar-refractivity contribution in [3.05, 3.63) is 63.6 Å². The SMILES string of the molecule is O=C(O)Cc1ccc(OCc2cccc(Cl)c2Cl)cc1. The average molecular weight is 311 g/mol. The zero-order valence-electron chi connectivity index (χ0n) is 10.5. The van der Waals surface area contributed by atoms with Crippen molar-refractivity contribution in [2.75, 3.05) is 0 Å². The number of ether oxygens (including phenoxy) is 1. The van der Waals surface area contributed by atoms with Crippen LogP contribution in [0.4, 0.5) is 0 Å². The van der Waals surface area contributed by atoms with E-state index in [2.05, 4.69) is 0 Å². The summed E-state index contributed by atoms with van der Waals surface area (Å²) in [6, 6.07) is 12.3. The van der Waals surface area contributed by atoms with Gasteiger partial charge in [0.05, 0.1) is 16.5 Å². The van der Waals surface area contributed by atoms with E-state index in [1.807, 2.05) is 12.1 Å². The van der Waals surface area contributed by atoms with E-state index in [1.165, 1.54) is 0 Å². The van der Waals surface area contributed by atoms with Crippen LogP contribution in [-0.2, 0) is 17.8 Å². The molecule has 2 aromatic rings. The van der Waals surface area contributed by atoms with E-state index < -0.39 is 5.97 Å². The molecule has 0 aliphatic heterocycles. The molecular weight excluding hydrogens is 299 g/mol. The first kappa shape index (κ1) is 14.7. The van der Waals surface area contributed by atoms with Crippen LogP contribution in [0.15, 0.2) is 42.5 Å². The van der Waals surface area contributed by atoms with Gasteiger partial charge in [0.2, 0.25) is 0 Å². The molecule has 0 aromatic heterocycles. The van der Waals surface area contributed by atoms with Gasteiger partial charge in [0.25, 0.3) is 0 Å². The molecule has 5 heteroatoms. The highest BCUT2D eigenvalue weighted by molar-refractivity contribution is 6.42. The van der Waals surface area contributed by atoms with Crippen LogP contribution < -0.4 is 4.74 Å². The minimum Gasteiger partial charge on any atom is -0.489 e. The Hall–Kier alpha value is -1.71. The number of halogens is 2. The highest BCUT2D eigenvalue weighted by Crippen LogP contribution is 2.26. The van der Waals surface area contributed by atoms with Crippen molar-refractivity contribution in [2.45, 2.75) is 13.0 Å². The number of benzene rings is 2. The van der Waals surface area contributed by atoms with E-state index in [0.29, 0.717) is 22.4 Å². The van der Waals surface area contributed by atoms with Gasteiger partial charge in [-0.15, -0.1) is 0 Å². The zero-order valence-corrected chi connectivity index (χ0v) is 12.0. The van der Waals surface area contributed by atoms with Gasteiger partial charge in [0.15, 0.2) is 0 Å². The number of rotatable bonds is 5. The molecular formula is C15H12Cl2O3. The Morgan fingerprint density at radius 1 is 1.10 bits per heavy atom. The summed E-state index contributed by atoms with van der Waals surface area (Å²) in [4.78, 5) is 10.6. The molecule has 104 valence electrons. The average Bonchev–Trinajstić information content (AvgIpc) is 2.41. The summed E-state index contributed by atoms with van der Waals surface area (Å²) in [6.07, 6.45) is 0.000398. The molecule has 1 N–H and O–H groups in total. The Morgan fingerprint density at radius 2 is 1.80 bits per heavy atom.